The maximum absolute atomic E-state index is 6.22. The van der Waals surface area contributed by atoms with Crippen molar-refractivity contribution in [2.75, 3.05) is 13.2 Å². The van der Waals surface area contributed by atoms with Gasteiger partial charge >= 0.3 is 0 Å². The lowest BCUT2D eigenvalue weighted by Gasteiger charge is -2.29. The fourth-order valence-corrected chi connectivity index (χ4v) is 1.62. The molecular weight excluding hydrogens is 194 g/mol. The molecule has 5 nitrogen and oxygen atoms in total. The van der Waals surface area contributed by atoms with Crippen molar-refractivity contribution in [3.63, 3.8) is 0 Å². The van der Waals surface area contributed by atoms with E-state index >= 15 is 0 Å². The van der Waals surface area contributed by atoms with E-state index < -0.39 is 5.54 Å². The van der Waals surface area contributed by atoms with Gasteiger partial charge < -0.3 is 15.0 Å². The summed E-state index contributed by atoms with van der Waals surface area (Å²) in [7, 11) is 0. The summed E-state index contributed by atoms with van der Waals surface area (Å²) in [5.74, 6) is 1.54. The van der Waals surface area contributed by atoms with E-state index in [4.69, 9.17) is 15.0 Å². The van der Waals surface area contributed by atoms with Gasteiger partial charge in [0.2, 0.25) is 5.89 Å². The van der Waals surface area contributed by atoms with Crippen molar-refractivity contribution in [2.24, 2.45) is 5.73 Å². The van der Waals surface area contributed by atoms with Gasteiger partial charge in [-0.05, 0) is 12.8 Å². The van der Waals surface area contributed by atoms with Crippen LogP contribution in [0.3, 0.4) is 0 Å². The minimum atomic E-state index is -0.488. The Morgan fingerprint density at radius 2 is 2.00 bits per heavy atom. The van der Waals surface area contributed by atoms with Gasteiger partial charge in [0, 0.05) is 19.1 Å². The van der Waals surface area contributed by atoms with Crippen LogP contribution < -0.4 is 5.73 Å². The average molecular weight is 211 g/mol. The molecule has 0 aliphatic carbocycles. The molecular formula is C10H17N3O2. The molecule has 15 heavy (non-hydrogen) atoms. The van der Waals surface area contributed by atoms with Crippen molar-refractivity contribution >= 4 is 0 Å². The van der Waals surface area contributed by atoms with E-state index in [0.717, 1.165) is 18.7 Å². The van der Waals surface area contributed by atoms with Crippen LogP contribution in [-0.4, -0.2) is 23.4 Å². The first-order valence-electron chi connectivity index (χ1n) is 5.32. The van der Waals surface area contributed by atoms with E-state index in [1.807, 2.05) is 13.8 Å². The number of rotatable bonds is 2. The number of nitrogens with zero attached hydrogens (tertiary/aromatic N) is 2. The first-order chi connectivity index (χ1) is 7.12. The molecule has 1 aromatic heterocycles. The van der Waals surface area contributed by atoms with Gasteiger partial charge in [0.25, 0.3) is 0 Å². The second kappa shape index (κ2) is 3.90. The van der Waals surface area contributed by atoms with E-state index in [2.05, 4.69) is 10.1 Å². The van der Waals surface area contributed by atoms with Crippen LogP contribution in [0.4, 0.5) is 0 Å². The Balaban J connectivity index is 2.20. The van der Waals surface area contributed by atoms with Crippen LogP contribution in [0.2, 0.25) is 0 Å². The highest BCUT2D eigenvalue weighted by Gasteiger charge is 2.35. The molecule has 1 aromatic rings. The Bertz CT molecular complexity index is 329. The highest BCUT2D eigenvalue weighted by atomic mass is 16.5. The van der Waals surface area contributed by atoms with Crippen LogP contribution >= 0.6 is 0 Å². The van der Waals surface area contributed by atoms with Crippen LogP contribution in [0.25, 0.3) is 0 Å². The standard InChI is InChI=1S/C10H17N3O2/c1-7(2)8-12-9(15-13-8)10(11)3-5-14-6-4-10/h7H,3-6,11H2,1-2H3. The van der Waals surface area contributed by atoms with E-state index in [1.165, 1.54) is 0 Å². The number of aromatic nitrogens is 2. The minimum Gasteiger partial charge on any atom is -0.381 e. The zero-order valence-electron chi connectivity index (χ0n) is 9.19. The predicted octanol–water partition coefficient (Wildman–Crippen LogP) is 1.16. The molecule has 1 fully saturated rings. The Labute approximate surface area is 89.0 Å². The van der Waals surface area contributed by atoms with Crippen molar-refractivity contribution in [2.45, 2.75) is 38.1 Å². The summed E-state index contributed by atoms with van der Waals surface area (Å²) in [5.41, 5.74) is 5.73. The zero-order valence-corrected chi connectivity index (χ0v) is 9.19. The van der Waals surface area contributed by atoms with Crippen LogP contribution in [0.5, 0.6) is 0 Å². The highest BCUT2D eigenvalue weighted by molar-refractivity contribution is 5.04. The summed E-state index contributed by atoms with van der Waals surface area (Å²) in [6.45, 7) is 5.38. The van der Waals surface area contributed by atoms with Gasteiger partial charge in [0.05, 0.1) is 0 Å². The average Bonchev–Trinajstić information content (AvgIpc) is 2.68. The van der Waals surface area contributed by atoms with Crippen LogP contribution in [0, 0.1) is 0 Å². The van der Waals surface area contributed by atoms with Gasteiger partial charge in [0.1, 0.15) is 5.54 Å². The molecule has 0 amide bonds. The summed E-state index contributed by atoms with van der Waals surface area (Å²) < 4.78 is 10.5. The van der Waals surface area contributed by atoms with Gasteiger partial charge in [-0.1, -0.05) is 19.0 Å². The molecule has 0 radical (unpaired) electrons. The Morgan fingerprint density at radius 3 is 2.53 bits per heavy atom. The van der Waals surface area contributed by atoms with Crippen molar-refractivity contribution in [1.29, 1.82) is 0 Å². The summed E-state index contributed by atoms with van der Waals surface area (Å²) in [4.78, 5) is 4.35. The summed E-state index contributed by atoms with van der Waals surface area (Å²) in [5, 5.41) is 3.93. The molecule has 1 aliphatic rings. The number of hydrogen-bond donors (Lipinski definition) is 1. The zero-order chi connectivity index (χ0) is 10.9. The largest absolute Gasteiger partial charge is 0.381 e. The Kier molecular flexibility index (Phi) is 2.75. The highest BCUT2D eigenvalue weighted by Crippen LogP contribution is 2.28. The lowest BCUT2D eigenvalue weighted by molar-refractivity contribution is 0.0400. The maximum atomic E-state index is 6.22. The van der Waals surface area contributed by atoms with E-state index in [9.17, 15) is 0 Å². The molecule has 1 aliphatic heterocycles. The molecule has 0 aromatic carbocycles. The van der Waals surface area contributed by atoms with Gasteiger partial charge in [-0.2, -0.15) is 4.98 Å². The summed E-state index contributed by atoms with van der Waals surface area (Å²) in [6.07, 6.45) is 1.49. The first-order valence-corrected chi connectivity index (χ1v) is 5.32. The fourth-order valence-electron chi connectivity index (χ4n) is 1.62. The Morgan fingerprint density at radius 1 is 1.33 bits per heavy atom. The van der Waals surface area contributed by atoms with Crippen molar-refractivity contribution in [3.05, 3.63) is 11.7 Å². The molecule has 5 heteroatoms. The first kappa shape index (κ1) is 10.6. The second-order valence-corrected chi connectivity index (χ2v) is 4.38. The van der Waals surface area contributed by atoms with Gasteiger partial charge in [-0.3, -0.25) is 0 Å². The monoisotopic (exact) mass is 211 g/mol. The van der Waals surface area contributed by atoms with E-state index in [1.54, 1.807) is 0 Å². The van der Waals surface area contributed by atoms with Gasteiger partial charge in [0.15, 0.2) is 5.82 Å². The molecule has 2 heterocycles. The minimum absolute atomic E-state index is 0.269. The molecule has 2 N–H and O–H groups in total. The maximum Gasteiger partial charge on any atom is 0.246 e. The third-order valence-electron chi connectivity index (χ3n) is 2.77. The van der Waals surface area contributed by atoms with Gasteiger partial charge in [-0.15, -0.1) is 0 Å². The van der Waals surface area contributed by atoms with Gasteiger partial charge in [-0.25, -0.2) is 0 Å². The molecule has 0 saturated carbocycles. The Hall–Kier alpha value is -0.940. The predicted molar refractivity (Wildman–Crippen MR) is 54.3 cm³/mol. The van der Waals surface area contributed by atoms with Crippen LogP contribution in [0.15, 0.2) is 4.52 Å². The molecule has 0 unspecified atom stereocenters. The van der Waals surface area contributed by atoms with Crippen molar-refractivity contribution in [1.82, 2.24) is 10.1 Å². The number of nitrogens with two attached hydrogens (primary N) is 1. The smallest absolute Gasteiger partial charge is 0.246 e. The molecule has 0 bridgehead atoms. The SMILES string of the molecule is CC(C)c1noc(C2(N)CCOCC2)n1. The number of hydrogen-bond acceptors (Lipinski definition) is 5. The van der Waals surface area contributed by atoms with E-state index in [0.29, 0.717) is 19.1 Å². The summed E-state index contributed by atoms with van der Waals surface area (Å²) >= 11 is 0. The molecule has 0 atom stereocenters. The lowest BCUT2D eigenvalue weighted by Crippen LogP contribution is -2.42. The molecule has 2 rings (SSSR count). The van der Waals surface area contributed by atoms with Crippen molar-refractivity contribution < 1.29 is 9.26 Å². The van der Waals surface area contributed by atoms with E-state index in [-0.39, 0.29) is 5.92 Å². The topological polar surface area (TPSA) is 74.2 Å². The second-order valence-electron chi connectivity index (χ2n) is 4.38. The molecule has 0 spiro atoms. The van der Waals surface area contributed by atoms with Crippen molar-refractivity contribution in [3.8, 4) is 0 Å². The quantitative estimate of drug-likeness (QED) is 0.794. The summed E-state index contributed by atoms with van der Waals surface area (Å²) in [6, 6.07) is 0. The molecule has 84 valence electrons. The fraction of sp³-hybridized carbons (Fsp3) is 0.800. The lowest BCUT2D eigenvalue weighted by atomic mass is 9.91. The third-order valence-corrected chi connectivity index (χ3v) is 2.77. The number of ether oxygens (including phenoxy) is 1. The normalized spacial score (nSPS) is 20.8. The van der Waals surface area contributed by atoms with Crippen LogP contribution in [0.1, 0.15) is 44.3 Å². The third kappa shape index (κ3) is 2.03. The molecule has 1 saturated heterocycles. The van der Waals surface area contributed by atoms with Crippen LogP contribution in [-0.2, 0) is 10.3 Å².